The molecule has 0 spiro atoms. The van der Waals surface area contributed by atoms with E-state index in [0.29, 0.717) is 12.4 Å². The number of para-hydroxylation sites is 1. The molecular formula is C23H19NO2. The summed E-state index contributed by atoms with van der Waals surface area (Å²) in [5.41, 5.74) is 4.32. The van der Waals surface area contributed by atoms with Crippen LogP contribution in [0.25, 0.3) is 22.0 Å². The van der Waals surface area contributed by atoms with E-state index in [1.807, 2.05) is 85.8 Å². The van der Waals surface area contributed by atoms with E-state index in [2.05, 4.69) is 4.98 Å². The van der Waals surface area contributed by atoms with Crippen LogP contribution in [0.1, 0.15) is 11.3 Å². The van der Waals surface area contributed by atoms with E-state index >= 15 is 0 Å². The van der Waals surface area contributed by atoms with E-state index in [9.17, 15) is 5.11 Å². The fourth-order valence-corrected chi connectivity index (χ4v) is 3.03. The summed E-state index contributed by atoms with van der Waals surface area (Å²) in [7, 11) is 0. The van der Waals surface area contributed by atoms with E-state index in [4.69, 9.17) is 4.74 Å². The first kappa shape index (κ1) is 16.2. The Kier molecular flexibility index (Phi) is 4.28. The third-order valence-corrected chi connectivity index (χ3v) is 4.50. The van der Waals surface area contributed by atoms with Gasteiger partial charge in [0, 0.05) is 16.5 Å². The van der Waals surface area contributed by atoms with Crippen LogP contribution in [0.2, 0.25) is 0 Å². The van der Waals surface area contributed by atoms with Gasteiger partial charge in [0.25, 0.3) is 0 Å². The topological polar surface area (TPSA) is 42.4 Å². The van der Waals surface area contributed by atoms with Crippen LogP contribution in [0.5, 0.6) is 11.5 Å². The second kappa shape index (κ2) is 6.89. The molecule has 0 saturated carbocycles. The summed E-state index contributed by atoms with van der Waals surface area (Å²) in [5, 5.41) is 11.7. The highest BCUT2D eigenvalue weighted by atomic mass is 16.5. The maximum Gasteiger partial charge on any atom is 0.130 e. The summed E-state index contributed by atoms with van der Waals surface area (Å²) < 4.78 is 5.92. The summed E-state index contributed by atoms with van der Waals surface area (Å²) >= 11 is 0. The lowest BCUT2D eigenvalue weighted by Gasteiger charge is -2.13. The number of phenols is 1. The van der Waals surface area contributed by atoms with Crippen LogP contribution < -0.4 is 4.74 Å². The minimum Gasteiger partial charge on any atom is -0.507 e. The molecule has 3 aromatic carbocycles. The van der Waals surface area contributed by atoms with Crippen molar-refractivity contribution in [2.75, 3.05) is 0 Å². The van der Waals surface area contributed by atoms with Crippen LogP contribution in [0.4, 0.5) is 0 Å². The molecule has 0 fully saturated rings. The third-order valence-electron chi connectivity index (χ3n) is 4.50. The number of aromatic nitrogens is 1. The molecule has 26 heavy (non-hydrogen) atoms. The summed E-state index contributed by atoms with van der Waals surface area (Å²) in [4.78, 5) is 4.62. The molecule has 0 amide bonds. The second-order valence-electron chi connectivity index (χ2n) is 6.23. The predicted molar refractivity (Wildman–Crippen MR) is 104 cm³/mol. The Labute approximate surface area is 152 Å². The number of nitrogens with zero attached hydrogens (tertiary/aromatic N) is 1. The molecule has 1 N–H and O–H groups in total. The van der Waals surface area contributed by atoms with Gasteiger partial charge in [-0.05, 0) is 36.8 Å². The number of benzene rings is 3. The van der Waals surface area contributed by atoms with Gasteiger partial charge in [0.2, 0.25) is 0 Å². The van der Waals surface area contributed by atoms with Crippen molar-refractivity contribution in [2.45, 2.75) is 13.5 Å². The van der Waals surface area contributed by atoms with Gasteiger partial charge in [0.15, 0.2) is 0 Å². The number of phenolic OH excluding ortho intramolecular Hbond substituents is 1. The Morgan fingerprint density at radius 2 is 1.62 bits per heavy atom. The number of hydrogen-bond acceptors (Lipinski definition) is 3. The molecule has 3 nitrogen and oxygen atoms in total. The molecule has 0 aliphatic rings. The zero-order valence-corrected chi connectivity index (χ0v) is 14.5. The molecule has 4 rings (SSSR count). The molecule has 1 aromatic heterocycles. The molecule has 3 heteroatoms. The lowest BCUT2D eigenvalue weighted by atomic mass is 10.0. The zero-order valence-electron chi connectivity index (χ0n) is 14.5. The lowest BCUT2D eigenvalue weighted by Crippen LogP contribution is -2.00. The Hall–Kier alpha value is -3.33. The number of pyridine rings is 1. The smallest absolute Gasteiger partial charge is 0.130 e. The average molecular weight is 341 g/mol. The number of fused-ring (bicyclic) bond motifs is 1. The standard InChI is InChI=1S/C23H19NO2/c1-16-22(14-13-20(23(16)25)17-7-3-2-4-8-17)26-15-19-12-11-18-9-5-6-10-21(18)24-19/h2-14,25H,15H2,1H3. The van der Waals surface area contributed by atoms with Gasteiger partial charge < -0.3 is 9.84 Å². The van der Waals surface area contributed by atoms with Crippen molar-refractivity contribution in [2.24, 2.45) is 0 Å². The monoisotopic (exact) mass is 341 g/mol. The number of ether oxygens (including phenoxy) is 1. The van der Waals surface area contributed by atoms with E-state index < -0.39 is 0 Å². The van der Waals surface area contributed by atoms with Gasteiger partial charge in [-0.2, -0.15) is 0 Å². The Morgan fingerprint density at radius 3 is 2.46 bits per heavy atom. The maximum atomic E-state index is 10.6. The van der Waals surface area contributed by atoms with Crippen molar-refractivity contribution in [1.29, 1.82) is 0 Å². The van der Waals surface area contributed by atoms with Crippen LogP contribution in [0.15, 0.2) is 78.9 Å². The molecule has 0 unspecified atom stereocenters. The molecule has 0 aliphatic heterocycles. The molecule has 128 valence electrons. The third kappa shape index (κ3) is 3.11. The molecule has 4 aromatic rings. The van der Waals surface area contributed by atoms with Gasteiger partial charge in [0.1, 0.15) is 18.1 Å². The van der Waals surface area contributed by atoms with Gasteiger partial charge >= 0.3 is 0 Å². The van der Waals surface area contributed by atoms with Gasteiger partial charge in [-0.3, -0.25) is 0 Å². The fraction of sp³-hybridized carbons (Fsp3) is 0.0870. The quantitative estimate of drug-likeness (QED) is 0.533. The number of rotatable bonds is 4. The molecule has 0 saturated heterocycles. The second-order valence-corrected chi connectivity index (χ2v) is 6.23. The van der Waals surface area contributed by atoms with Gasteiger partial charge in [-0.25, -0.2) is 4.98 Å². The molecule has 0 aliphatic carbocycles. The zero-order chi connectivity index (χ0) is 17.9. The van der Waals surface area contributed by atoms with Crippen molar-refractivity contribution < 1.29 is 9.84 Å². The average Bonchev–Trinajstić information content (AvgIpc) is 2.69. The maximum absolute atomic E-state index is 10.6. The molecule has 1 heterocycles. The van der Waals surface area contributed by atoms with Crippen LogP contribution in [-0.2, 0) is 6.61 Å². The summed E-state index contributed by atoms with van der Waals surface area (Å²) in [5.74, 6) is 0.914. The van der Waals surface area contributed by atoms with Crippen molar-refractivity contribution in [1.82, 2.24) is 4.98 Å². The van der Waals surface area contributed by atoms with E-state index in [1.165, 1.54) is 0 Å². The highest BCUT2D eigenvalue weighted by molar-refractivity contribution is 5.78. The van der Waals surface area contributed by atoms with Crippen LogP contribution in [-0.4, -0.2) is 10.1 Å². The first-order chi connectivity index (χ1) is 12.7. The van der Waals surface area contributed by atoms with E-state index in [-0.39, 0.29) is 5.75 Å². The summed E-state index contributed by atoms with van der Waals surface area (Å²) in [6.07, 6.45) is 0. The first-order valence-corrected chi connectivity index (χ1v) is 8.58. The van der Waals surface area contributed by atoms with Crippen LogP contribution in [0, 0.1) is 6.92 Å². The van der Waals surface area contributed by atoms with E-state index in [0.717, 1.165) is 33.3 Å². The van der Waals surface area contributed by atoms with E-state index in [1.54, 1.807) is 0 Å². The Balaban J connectivity index is 1.57. The minimum absolute atomic E-state index is 0.250. The molecular weight excluding hydrogens is 322 g/mol. The van der Waals surface area contributed by atoms with Crippen molar-refractivity contribution in [3.63, 3.8) is 0 Å². The van der Waals surface area contributed by atoms with Crippen LogP contribution in [0.3, 0.4) is 0 Å². The Morgan fingerprint density at radius 1 is 0.846 bits per heavy atom. The van der Waals surface area contributed by atoms with Crippen molar-refractivity contribution >= 4 is 10.9 Å². The summed E-state index contributed by atoms with van der Waals surface area (Å²) in [6.45, 7) is 2.22. The van der Waals surface area contributed by atoms with Gasteiger partial charge in [-0.1, -0.05) is 54.6 Å². The minimum atomic E-state index is 0.250. The van der Waals surface area contributed by atoms with Crippen LogP contribution >= 0.6 is 0 Å². The molecule has 0 bridgehead atoms. The SMILES string of the molecule is Cc1c(OCc2ccc3ccccc3n2)ccc(-c2ccccc2)c1O. The van der Waals surface area contributed by atoms with Gasteiger partial charge in [-0.15, -0.1) is 0 Å². The highest BCUT2D eigenvalue weighted by Crippen LogP contribution is 2.37. The first-order valence-electron chi connectivity index (χ1n) is 8.58. The molecule has 0 atom stereocenters. The largest absolute Gasteiger partial charge is 0.507 e. The predicted octanol–water partition coefficient (Wildman–Crippen LogP) is 5.49. The summed E-state index contributed by atoms with van der Waals surface area (Å²) in [6, 6.07) is 25.6. The normalized spacial score (nSPS) is 10.8. The van der Waals surface area contributed by atoms with Crippen molar-refractivity contribution in [3.05, 3.63) is 90.1 Å². The van der Waals surface area contributed by atoms with Gasteiger partial charge in [0.05, 0.1) is 11.2 Å². The molecule has 0 radical (unpaired) electrons. The van der Waals surface area contributed by atoms with Crippen molar-refractivity contribution in [3.8, 4) is 22.6 Å². The number of aromatic hydroxyl groups is 1. The fourth-order valence-electron chi connectivity index (χ4n) is 3.03. The Bertz CT molecular complexity index is 1060. The number of hydrogen-bond donors (Lipinski definition) is 1. The highest BCUT2D eigenvalue weighted by Gasteiger charge is 2.12. The lowest BCUT2D eigenvalue weighted by molar-refractivity contribution is 0.297.